The van der Waals surface area contributed by atoms with Gasteiger partial charge in [0.15, 0.2) is 0 Å². The highest BCUT2D eigenvalue weighted by atomic mass is 32.2. The summed E-state index contributed by atoms with van der Waals surface area (Å²) in [4.78, 5) is 8.64. The number of pyridine rings is 1. The van der Waals surface area contributed by atoms with E-state index < -0.39 is 15.8 Å². The minimum atomic E-state index is -3.90. The van der Waals surface area contributed by atoms with Crippen molar-refractivity contribution in [2.75, 3.05) is 0 Å². The van der Waals surface area contributed by atoms with Crippen LogP contribution in [0, 0.1) is 5.82 Å². The normalized spacial score (nSPS) is 11.7. The van der Waals surface area contributed by atoms with Crippen LogP contribution in [0.3, 0.4) is 0 Å². The van der Waals surface area contributed by atoms with Gasteiger partial charge in [-0.3, -0.25) is 4.98 Å². The zero-order valence-corrected chi connectivity index (χ0v) is 15.1. The van der Waals surface area contributed by atoms with E-state index in [1.54, 1.807) is 30.6 Å². The number of para-hydroxylation sites is 2. The maximum absolute atomic E-state index is 13.2. The van der Waals surface area contributed by atoms with E-state index >= 15 is 0 Å². The molecule has 0 bridgehead atoms. The molecule has 7 heteroatoms. The molecule has 0 aliphatic heterocycles. The number of aryl methyl sites for hydroxylation is 2. The molecule has 0 saturated carbocycles. The number of fused-ring (bicyclic) bond motifs is 1. The first-order valence-electron chi connectivity index (χ1n) is 8.42. The van der Waals surface area contributed by atoms with E-state index in [1.165, 1.54) is 16.1 Å². The quantitative estimate of drug-likeness (QED) is 0.530. The third-order valence-electron chi connectivity index (χ3n) is 4.30. The van der Waals surface area contributed by atoms with Gasteiger partial charge in [-0.05, 0) is 54.4 Å². The van der Waals surface area contributed by atoms with Crippen LogP contribution in [0.25, 0.3) is 11.0 Å². The molecule has 4 aromatic rings. The lowest BCUT2D eigenvalue weighted by Crippen LogP contribution is -2.16. The third kappa shape index (κ3) is 3.33. The number of nitrogens with zero attached hydrogens (tertiary/aromatic N) is 3. The zero-order chi connectivity index (χ0) is 18.9. The van der Waals surface area contributed by atoms with Crippen molar-refractivity contribution < 1.29 is 12.8 Å². The summed E-state index contributed by atoms with van der Waals surface area (Å²) in [7, 11) is -3.90. The standard InChI is InChI=1S/C20H16FN3O2S/c21-16-8-10-17(11-9-16)27(25,26)24-19-6-2-1-5-18(19)23-20(24)12-7-15-4-3-13-22-14-15/h1-6,8-11,13-14H,7,12H2. The van der Waals surface area contributed by atoms with Crippen LogP contribution in [0.5, 0.6) is 0 Å². The monoisotopic (exact) mass is 381 g/mol. The molecular formula is C20H16FN3O2S. The van der Waals surface area contributed by atoms with Gasteiger partial charge >= 0.3 is 0 Å². The fraction of sp³-hybridized carbons (Fsp3) is 0.100. The molecule has 5 nitrogen and oxygen atoms in total. The Hall–Kier alpha value is -3.06. The largest absolute Gasteiger partial charge is 0.269 e. The number of benzene rings is 2. The van der Waals surface area contributed by atoms with Crippen molar-refractivity contribution in [2.24, 2.45) is 0 Å². The van der Waals surface area contributed by atoms with Crippen LogP contribution in [0.1, 0.15) is 11.4 Å². The first-order valence-corrected chi connectivity index (χ1v) is 9.86. The van der Waals surface area contributed by atoms with E-state index in [2.05, 4.69) is 9.97 Å². The second kappa shape index (κ2) is 6.92. The molecule has 136 valence electrons. The predicted molar refractivity (Wildman–Crippen MR) is 100 cm³/mol. The minimum Gasteiger partial charge on any atom is -0.264 e. The van der Waals surface area contributed by atoms with E-state index in [0.29, 0.717) is 29.7 Å². The highest BCUT2D eigenvalue weighted by Crippen LogP contribution is 2.24. The van der Waals surface area contributed by atoms with Crippen LogP contribution in [-0.4, -0.2) is 22.4 Å². The Morgan fingerprint density at radius 1 is 0.926 bits per heavy atom. The number of aromatic nitrogens is 3. The minimum absolute atomic E-state index is 0.0229. The highest BCUT2D eigenvalue weighted by Gasteiger charge is 2.24. The first kappa shape index (κ1) is 17.4. The summed E-state index contributed by atoms with van der Waals surface area (Å²) in [5, 5.41) is 0. The Morgan fingerprint density at radius 2 is 1.70 bits per heavy atom. The summed E-state index contributed by atoms with van der Waals surface area (Å²) in [6.07, 6.45) is 4.48. The van der Waals surface area contributed by atoms with Crippen LogP contribution >= 0.6 is 0 Å². The molecule has 0 atom stereocenters. The molecule has 2 aromatic heterocycles. The van der Waals surface area contributed by atoms with Gasteiger partial charge in [-0.25, -0.2) is 21.8 Å². The van der Waals surface area contributed by atoms with Gasteiger partial charge in [0, 0.05) is 18.8 Å². The van der Waals surface area contributed by atoms with Gasteiger partial charge in [0.25, 0.3) is 10.0 Å². The van der Waals surface area contributed by atoms with E-state index in [-0.39, 0.29) is 4.90 Å². The lowest BCUT2D eigenvalue weighted by Gasteiger charge is -2.11. The van der Waals surface area contributed by atoms with Crippen molar-refractivity contribution in [3.8, 4) is 0 Å². The Labute approximate surface area is 156 Å². The number of rotatable bonds is 5. The summed E-state index contributed by atoms with van der Waals surface area (Å²) >= 11 is 0. The van der Waals surface area contributed by atoms with E-state index in [1.807, 2.05) is 18.2 Å². The van der Waals surface area contributed by atoms with Crippen LogP contribution in [0.2, 0.25) is 0 Å². The molecule has 0 radical (unpaired) electrons. The van der Waals surface area contributed by atoms with Gasteiger partial charge in [-0.1, -0.05) is 18.2 Å². The second-order valence-corrected chi connectivity index (χ2v) is 7.89. The molecule has 0 unspecified atom stereocenters. The molecule has 4 rings (SSSR count). The van der Waals surface area contributed by atoms with Gasteiger partial charge in [0.05, 0.1) is 15.9 Å². The maximum atomic E-state index is 13.2. The van der Waals surface area contributed by atoms with Crippen molar-refractivity contribution in [2.45, 2.75) is 17.7 Å². The molecule has 2 aromatic carbocycles. The van der Waals surface area contributed by atoms with Crippen molar-refractivity contribution in [1.29, 1.82) is 0 Å². The molecule has 0 fully saturated rings. The number of hydrogen-bond donors (Lipinski definition) is 0. The highest BCUT2D eigenvalue weighted by molar-refractivity contribution is 7.90. The summed E-state index contributed by atoms with van der Waals surface area (Å²) in [5.74, 6) is -0.0504. The molecule has 0 amide bonds. The summed E-state index contributed by atoms with van der Waals surface area (Å²) in [6.45, 7) is 0. The summed E-state index contributed by atoms with van der Waals surface area (Å²) < 4.78 is 41.0. The second-order valence-electron chi connectivity index (χ2n) is 6.10. The molecule has 0 aliphatic carbocycles. The third-order valence-corrected chi connectivity index (χ3v) is 6.05. The lowest BCUT2D eigenvalue weighted by atomic mass is 10.1. The smallest absolute Gasteiger partial charge is 0.264 e. The Bertz CT molecular complexity index is 1190. The van der Waals surface area contributed by atoms with Crippen LogP contribution in [0.4, 0.5) is 4.39 Å². The number of hydrogen-bond acceptors (Lipinski definition) is 4. The summed E-state index contributed by atoms with van der Waals surface area (Å²) in [5.41, 5.74) is 2.10. The fourth-order valence-corrected chi connectivity index (χ4v) is 4.51. The van der Waals surface area contributed by atoms with Crippen molar-refractivity contribution in [3.05, 3.63) is 90.3 Å². The maximum Gasteiger partial charge on any atom is 0.269 e. The van der Waals surface area contributed by atoms with Gasteiger partial charge in [0.1, 0.15) is 11.6 Å². The van der Waals surface area contributed by atoms with Gasteiger partial charge in [-0.2, -0.15) is 0 Å². The SMILES string of the molecule is O=S(=O)(c1ccc(F)cc1)n1c(CCc2cccnc2)nc2ccccc21. The molecule has 0 N–H and O–H groups in total. The topological polar surface area (TPSA) is 64.8 Å². The summed E-state index contributed by atoms with van der Waals surface area (Å²) in [6, 6.07) is 15.7. The molecule has 0 aliphatic rings. The van der Waals surface area contributed by atoms with Gasteiger partial charge < -0.3 is 0 Å². The van der Waals surface area contributed by atoms with Crippen LogP contribution in [-0.2, 0) is 22.9 Å². The number of imidazole rings is 1. The molecular weight excluding hydrogens is 365 g/mol. The molecule has 27 heavy (non-hydrogen) atoms. The number of halogens is 1. The van der Waals surface area contributed by atoms with Crippen LogP contribution < -0.4 is 0 Å². The lowest BCUT2D eigenvalue weighted by molar-refractivity contribution is 0.584. The molecule has 2 heterocycles. The van der Waals surface area contributed by atoms with Gasteiger partial charge in [-0.15, -0.1) is 0 Å². The van der Waals surface area contributed by atoms with E-state index in [0.717, 1.165) is 17.7 Å². The van der Waals surface area contributed by atoms with Gasteiger partial charge in [0.2, 0.25) is 0 Å². The van der Waals surface area contributed by atoms with Crippen molar-refractivity contribution in [3.63, 3.8) is 0 Å². The average Bonchev–Trinajstić information content (AvgIpc) is 3.07. The predicted octanol–water partition coefficient (Wildman–Crippen LogP) is 3.59. The molecule has 0 spiro atoms. The zero-order valence-electron chi connectivity index (χ0n) is 14.3. The fourth-order valence-electron chi connectivity index (χ4n) is 2.99. The van der Waals surface area contributed by atoms with Crippen LogP contribution in [0.15, 0.2) is 78.0 Å². The Kier molecular flexibility index (Phi) is 4.45. The van der Waals surface area contributed by atoms with Crippen molar-refractivity contribution >= 4 is 21.1 Å². The molecule has 0 saturated heterocycles. The average molecular weight is 381 g/mol. The van der Waals surface area contributed by atoms with Crippen molar-refractivity contribution in [1.82, 2.24) is 13.9 Å². The van der Waals surface area contributed by atoms with E-state index in [9.17, 15) is 12.8 Å². The van der Waals surface area contributed by atoms with E-state index in [4.69, 9.17) is 0 Å². The Morgan fingerprint density at radius 3 is 2.44 bits per heavy atom. The Balaban J connectivity index is 1.81. The first-order chi connectivity index (χ1) is 13.1.